The smallest absolute Gasteiger partial charge is 0.223 e. The number of hydrogen-bond acceptors (Lipinski definition) is 6. The van der Waals surface area contributed by atoms with Crippen molar-refractivity contribution in [2.75, 3.05) is 51.2 Å². The summed E-state index contributed by atoms with van der Waals surface area (Å²) in [7, 11) is 1.81. The molecule has 0 aromatic carbocycles. The van der Waals surface area contributed by atoms with Crippen LogP contribution < -0.4 is 15.5 Å². The fraction of sp³-hybridized carbons (Fsp3) is 0.789. The Balaban J connectivity index is 1.37. The van der Waals surface area contributed by atoms with E-state index in [2.05, 4.69) is 41.7 Å². The third kappa shape index (κ3) is 5.56. The van der Waals surface area contributed by atoms with Gasteiger partial charge in [-0.2, -0.15) is 4.37 Å². The maximum absolute atomic E-state index is 12.2. The average molecular weight is 408 g/mol. The van der Waals surface area contributed by atoms with Crippen molar-refractivity contribution in [3.8, 4) is 0 Å². The SMILES string of the molecule is CCc1nsc(N2CCN(C(=NC)NCCNC(=O)C3CCCCC3)CC2)n1. The molecule has 28 heavy (non-hydrogen) atoms. The van der Waals surface area contributed by atoms with Crippen LogP contribution in [0.25, 0.3) is 0 Å². The van der Waals surface area contributed by atoms with Crippen molar-refractivity contribution in [2.45, 2.75) is 45.4 Å². The molecule has 0 unspecified atom stereocenters. The van der Waals surface area contributed by atoms with Crippen molar-refractivity contribution in [3.63, 3.8) is 0 Å². The first-order valence-corrected chi connectivity index (χ1v) is 11.3. The second kappa shape index (κ2) is 10.6. The fourth-order valence-corrected chi connectivity index (χ4v) is 4.63. The van der Waals surface area contributed by atoms with E-state index in [1.165, 1.54) is 30.8 Å². The third-order valence-electron chi connectivity index (χ3n) is 5.52. The number of anilines is 1. The predicted octanol–water partition coefficient (Wildman–Crippen LogP) is 1.49. The second-order valence-electron chi connectivity index (χ2n) is 7.42. The molecular weight excluding hydrogens is 374 g/mol. The lowest BCUT2D eigenvalue weighted by Gasteiger charge is -2.36. The summed E-state index contributed by atoms with van der Waals surface area (Å²) in [6, 6.07) is 0. The predicted molar refractivity (Wildman–Crippen MR) is 114 cm³/mol. The zero-order valence-electron chi connectivity index (χ0n) is 17.1. The molecule has 2 aliphatic rings. The molecule has 0 spiro atoms. The van der Waals surface area contributed by atoms with E-state index in [1.807, 2.05) is 7.05 Å². The highest BCUT2D eigenvalue weighted by atomic mass is 32.1. The number of nitrogens with one attached hydrogen (secondary N) is 2. The number of carbonyl (C=O) groups is 1. The minimum Gasteiger partial charge on any atom is -0.354 e. The maximum Gasteiger partial charge on any atom is 0.223 e. The van der Waals surface area contributed by atoms with Crippen LogP contribution in [0.15, 0.2) is 4.99 Å². The molecule has 0 atom stereocenters. The Morgan fingerprint density at radius 1 is 1.14 bits per heavy atom. The molecule has 156 valence electrons. The molecule has 1 aliphatic carbocycles. The van der Waals surface area contributed by atoms with Gasteiger partial charge in [-0.1, -0.05) is 26.2 Å². The summed E-state index contributed by atoms with van der Waals surface area (Å²) in [4.78, 5) is 25.8. The highest BCUT2D eigenvalue weighted by Gasteiger charge is 2.23. The van der Waals surface area contributed by atoms with E-state index >= 15 is 0 Å². The number of carbonyl (C=O) groups excluding carboxylic acids is 1. The van der Waals surface area contributed by atoms with E-state index in [0.29, 0.717) is 13.1 Å². The zero-order chi connectivity index (χ0) is 19.8. The van der Waals surface area contributed by atoms with Crippen molar-refractivity contribution in [1.82, 2.24) is 24.9 Å². The molecule has 8 nitrogen and oxygen atoms in total. The first-order chi connectivity index (χ1) is 13.7. The average Bonchev–Trinajstić information content (AvgIpc) is 3.24. The van der Waals surface area contributed by atoms with Crippen LogP contribution in [0.3, 0.4) is 0 Å². The maximum atomic E-state index is 12.2. The van der Waals surface area contributed by atoms with Crippen LogP contribution in [0.2, 0.25) is 0 Å². The van der Waals surface area contributed by atoms with Crippen LogP contribution in [0.4, 0.5) is 5.13 Å². The molecule has 3 rings (SSSR count). The fourth-order valence-electron chi connectivity index (χ4n) is 3.83. The van der Waals surface area contributed by atoms with Crippen LogP contribution >= 0.6 is 11.5 Å². The molecule has 0 bridgehead atoms. The van der Waals surface area contributed by atoms with Crippen LogP contribution in [-0.2, 0) is 11.2 Å². The van der Waals surface area contributed by atoms with E-state index in [4.69, 9.17) is 0 Å². The zero-order valence-corrected chi connectivity index (χ0v) is 17.9. The summed E-state index contributed by atoms with van der Waals surface area (Å²) in [6.45, 7) is 7.04. The Morgan fingerprint density at radius 3 is 2.50 bits per heavy atom. The monoisotopic (exact) mass is 407 g/mol. The van der Waals surface area contributed by atoms with Gasteiger partial charge < -0.3 is 20.4 Å². The van der Waals surface area contributed by atoms with Gasteiger partial charge in [-0.25, -0.2) is 4.98 Å². The normalized spacial score (nSPS) is 19.0. The van der Waals surface area contributed by atoms with Gasteiger partial charge in [0.15, 0.2) is 5.96 Å². The lowest BCUT2D eigenvalue weighted by atomic mass is 9.89. The van der Waals surface area contributed by atoms with E-state index in [0.717, 1.165) is 62.4 Å². The lowest BCUT2D eigenvalue weighted by molar-refractivity contribution is -0.125. The van der Waals surface area contributed by atoms with Crippen molar-refractivity contribution in [2.24, 2.45) is 10.9 Å². The third-order valence-corrected chi connectivity index (χ3v) is 6.33. The van der Waals surface area contributed by atoms with Crippen LogP contribution in [0.5, 0.6) is 0 Å². The largest absolute Gasteiger partial charge is 0.354 e. The number of nitrogens with zero attached hydrogens (tertiary/aromatic N) is 5. The highest BCUT2D eigenvalue weighted by Crippen LogP contribution is 2.23. The Kier molecular flexibility index (Phi) is 7.88. The number of hydrogen-bond donors (Lipinski definition) is 2. The minimum atomic E-state index is 0.216. The quantitative estimate of drug-likeness (QED) is 0.422. The summed E-state index contributed by atoms with van der Waals surface area (Å²) < 4.78 is 4.38. The van der Waals surface area contributed by atoms with Crippen molar-refractivity contribution < 1.29 is 4.79 Å². The first-order valence-electron chi connectivity index (χ1n) is 10.5. The Hall–Kier alpha value is -1.90. The Bertz CT molecular complexity index is 648. The number of aryl methyl sites for hydroxylation is 1. The molecule has 2 fully saturated rings. The number of amides is 1. The van der Waals surface area contributed by atoms with Gasteiger partial charge >= 0.3 is 0 Å². The number of rotatable bonds is 6. The molecule has 1 saturated carbocycles. The summed E-state index contributed by atoms with van der Waals surface area (Å²) in [5.74, 6) is 2.26. The topological polar surface area (TPSA) is 85.8 Å². The van der Waals surface area contributed by atoms with Gasteiger partial charge in [0, 0.05) is 70.2 Å². The summed E-state index contributed by atoms with van der Waals surface area (Å²) in [5, 5.41) is 7.48. The molecule has 9 heteroatoms. The summed E-state index contributed by atoms with van der Waals surface area (Å²) in [5.41, 5.74) is 0. The van der Waals surface area contributed by atoms with Crippen LogP contribution in [0.1, 0.15) is 44.9 Å². The van der Waals surface area contributed by atoms with Gasteiger partial charge in [-0.3, -0.25) is 9.79 Å². The van der Waals surface area contributed by atoms with Crippen molar-refractivity contribution >= 4 is 28.5 Å². The molecule has 1 aromatic rings. The Labute approximate surface area is 172 Å². The highest BCUT2D eigenvalue weighted by molar-refractivity contribution is 7.09. The molecule has 0 radical (unpaired) electrons. The lowest BCUT2D eigenvalue weighted by Crippen LogP contribution is -2.53. The van der Waals surface area contributed by atoms with Crippen LogP contribution in [-0.4, -0.2) is 72.4 Å². The Morgan fingerprint density at radius 2 is 1.86 bits per heavy atom. The standard InChI is InChI=1S/C19H33N7OS/c1-3-16-23-19(28-24-16)26-13-11-25(12-14-26)18(20-2)22-10-9-21-17(27)15-7-5-4-6-8-15/h15H,3-14H2,1-2H3,(H,20,22)(H,21,27). The van der Waals surface area contributed by atoms with Gasteiger partial charge in [0.05, 0.1) is 0 Å². The van der Waals surface area contributed by atoms with Gasteiger partial charge in [0.1, 0.15) is 5.82 Å². The number of guanidine groups is 1. The minimum absolute atomic E-state index is 0.216. The van der Waals surface area contributed by atoms with E-state index in [-0.39, 0.29) is 11.8 Å². The second-order valence-corrected chi connectivity index (χ2v) is 8.15. The van der Waals surface area contributed by atoms with Gasteiger partial charge in [0.2, 0.25) is 11.0 Å². The van der Waals surface area contributed by atoms with Crippen LogP contribution in [0, 0.1) is 5.92 Å². The summed E-state index contributed by atoms with van der Waals surface area (Å²) >= 11 is 1.49. The molecule has 1 aromatic heterocycles. The van der Waals surface area contributed by atoms with E-state index < -0.39 is 0 Å². The number of piperazine rings is 1. The van der Waals surface area contributed by atoms with Crippen molar-refractivity contribution in [3.05, 3.63) is 5.82 Å². The van der Waals surface area contributed by atoms with Gasteiger partial charge in [-0.15, -0.1) is 0 Å². The van der Waals surface area contributed by atoms with Gasteiger partial charge in [-0.05, 0) is 12.8 Å². The van der Waals surface area contributed by atoms with Gasteiger partial charge in [0.25, 0.3) is 0 Å². The van der Waals surface area contributed by atoms with E-state index in [1.54, 1.807) is 0 Å². The molecular formula is C19H33N7OS. The molecule has 1 amide bonds. The number of aromatic nitrogens is 2. The van der Waals surface area contributed by atoms with Crippen molar-refractivity contribution in [1.29, 1.82) is 0 Å². The molecule has 1 saturated heterocycles. The molecule has 2 heterocycles. The summed E-state index contributed by atoms with van der Waals surface area (Å²) in [6.07, 6.45) is 6.61. The number of aliphatic imine (C=N–C) groups is 1. The molecule has 2 N–H and O–H groups in total. The van der Waals surface area contributed by atoms with E-state index in [9.17, 15) is 4.79 Å². The first kappa shape index (κ1) is 20.8. The molecule has 1 aliphatic heterocycles.